The number of nitrogens with zero attached hydrogens (tertiary/aromatic N) is 1. The molecule has 5 heteroatoms. The Morgan fingerprint density at radius 2 is 1.96 bits per heavy atom. The summed E-state index contributed by atoms with van der Waals surface area (Å²) in [5.74, 6) is 0.622. The van der Waals surface area contributed by atoms with Crippen molar-refractivity contribution in [2.45, 2.75) is 38.3 Å². The van der Waals surface area contributed by atoms with Crippen molar-refractivity contribution in [3.8, 4) is 0 Å². The molecule has 2 aromatic rings. The van der Waals surface area contributed by atoms with Gasteiger partial charge >= 0.3 is 0 Å². The topological polar surface area (TPSA) is 48.1 Å². The first kappa shape index (κ1) is 16.3. The first-order valence-electron chi connectivity index (χ1n) is 8.19. The van der Waals surface area contributed by atoms with Gasteiger partial charge in [0.25, 0.3) is 5.91 Å². The quantitative estimate of drug-likeness (QED) is 0.886. The number of carbonyl (C=O) groups is 1. The summed E-state index contributed by atoms with van der Waals surface area (Å²) in [5.41, 5.74) is 1.72. The number of amides is 1. The van der Waals surface area contributed by atoms with Crippen molar-refractivity contribution in [2.75, 3.05) is 13.1 Å². The van der Waals surface area contributed by atoms with Crippen LogP contribution in [0.4, 0.5) is 0 Å². The molecule has 3 aliphatic heterocycles. The van der Waals surface area contributed by atoms with E-state index >= 15 is 0 Å². The standard InChI is InChI=1S/C18H23N3O.ClH/c1-18(2)16(12-7-9-21(18)10-8-12)20-17(22)15-11-13-5-3-4-6-14(13)19-15;/h3-6,11-12,16,19H,7-10H2,1-2H3,(H,20,22);1H/t16-;/m1./s1. The molecule has 0 unspecified atom stereocenters. The van der Waals surface area contributed by atoms with Crippen LogP contribution in [-0.2, 0) is 0 Å². The number of hydrogen-bond acceptors (Lipinski definition) is 2. The van der Waals surface area contributed by atoms with Crippen LogP contribution >= 0.6 is 12.4 Å². The maximum atomic E-state index is 12.7. The van der Waals surface area contributed by atoms with Crippen LogP contribution in [0.3, 0.4) is 0 Å². The van der Waals surface area contributed by atoms with Crippen molar-refractivity contribution < 1.29 is 4.79 Å². The monoisotopic (exact) mass is 333 g/mol. The maximum absolute atomic E-state index is 12.7. The number of para-hydroxylation sites is 1. The number of halogens is 1. The Morgan fingerprint density at radius 3 is 2.61 bits per heavy atom. The lowest BCUT2D eigenvalue weighted by atomic mass is 9.72. The summed E-state index contributed by atoms with van der Waals surface area (Å²) in [7, 11) is 0. The largest absolute Gasteiger partial charge is 0.351 e. The molecule has 1 aromatic carbocycles. The summed E-state index contributed by atoms with van der Waals surface area (Å²) in [6, 6.07) is 10.2. The molecular weight excluding hydrogens is 310 g/mol. The Hall–Kier alpha value is -1.52. The van der Waals surface area contributed by atoms with E-state index in [4.69, 9.17) is 0 Å². The minimum atomic E-state index is 0. The van der Waals surface area contributed by atoms with Gasteiger partial charge in [0.15, 0.2) is 0 Å². The van der Waals surface area contributed by atoms with Crippen LogP contribution in [0.25, 0.3) is 10.9 Å². The third-order valence-corrected chi connectivity index (χ3v) is 5.65. The van der Waals surface area contributed by atoms with Gasteiger partial charge in [-0.3, -0.25) is 9.69 Å². The van der Waals surface area contributed by atoms with Gasteiger partial charge in [-0.15, -0.1) is 12.4 Å². The number of benzene rings is 1. The van der Waals surface area contributed by atoms with Crippen molar-refractivity contribution in [3.63, 3.8) is 0 Å². The number of aromatic nitrogens is 1. The normalized spacial score (nSPS) is 28.3. The van der Waals surface area contributed by atoms with E-state index in [1.165, 1.54) is 12.8 Å². The highest BCUT2D eigenvalue weighted by Gasteiger charge is 2.48. The van der Waals surface area contributed by atoms with Gasteiger partial charge in [-0.1, -0.05) is 18.2 Å². The highest BCUT2D eigenvalue weighted by molar-refractivity contribution is 5.98. The highest BCUT2D eigenvalue weighted by Crippen LogP contribution is 2.39. The molecule has 4 nitrogen and oxygen atoms in total. The summed E-state index contributed by atoms with van der Waals surface area (Å²) in [4.78, 5) is 18.4. The Balaban J connectivity index is 0.00000156. The molecule has 4 heterocycles. The fourth-order valence-corrected chi connectivity index (χ4v) is 4.29. The summed E-state index contributed by atoms with van der Waals surface area (Å²) in [6.45, 7) is 6.84. The number of piperidine rings is 3. The maximum Gasteiger partial charge on any atom is 0.268 e. The van der Waals surface area contributed by atoms with Crippen LogP contribution < -0.4 is 5.32 Å². The number of nitrogens with one attached hydrogen (secondary N) is 2. The summed E-state index contributed by atoms with van der Waals surface area (Å²) >= 11 is 0. The smallest absolute Gasteiger partial charge is 0.268 e. The van der Waals surface area contributed by atoms with E-state index < -0.39 is 0 Å². The Kier molecular flexibility index (Phi) is 4.15. The molecular formula is C18H24ClN3O. The molecule has 2 N–H and O–H groups in total. The van der Waals surface area contributed by atoms with E-state index in [9.17, 15) is 4.79 Å². The molecule has 5 rings (SSSR count). The van der Waals surface area contributed by atoms with E-state index in [0.717, 1.165) is 24.0 Å². The van der Waals surface area contributed by atoms with Crippen molar-refractivity contribution in [3.05, 3.63) is 36.0 Å². The second-order valence-electron chi connectivity index (χ2n) is 7.20. The Bertz CT molecular complexity index is 683. The first-order chi connectivity index (χ1) is 10.6. The molecule has 3 aliphatic rings. The molecule has 0 radical (unpaired) electrons. The van der Waals surface area contributed by atoms with E-state index in [0.29, 0.717) is 11.6 Å². The molecule has 2 bridgehead atoms. The molecule has 3 fully saturated rings. The molecule has 0 aliphatic carbocycles. The molecule has 1 amide bonds. The zero-order valence-electron chi connectivity index (χ0n) is 13.6. The summed E-state index contributed by atoms with van der Waals surface area (Å²) in [5, 5.41) is 4.39. The second-order valence-corrected chi connectivity index (χ2v) is 7.20. The first-order valence-corrected chi connectivity index (χ1v) is 8.19. The van der Waals surface area contributed by atoms with E-state index in [2.05, 4.69) is 29.0 Å². The third kappa shape index (κ3) is 2.64. The fraction of sp³-hybridized carbons (Fsp3) is 0.500. The predicted octanol–water partition coefficient (Wildman–Crippen LogP) is 3.19. The lowest BCUT2D eigenvalue weighted by molar-refractivity contribution is -0.0378. The average molecular weight is 334 g/mol. The van der Waals surface area contributed by atoms with Crippen molar-refractivity contribution >= 4 is 29.2 Å². The van der Waals surface area contributed by atoms with Gasteiger partial charge in [-0.2, -0.15) is 0 Å². The minimum absolute atomic E-state index is 0. The lowest BCUT2D eigenvalue weighted by Gasteiger charge is -2.56. The number of rotatable bonds is 2. The molecule has 3 saturated heterocycles. The van der Waals surface area contributed by atoms with Crippen LogP contribution in [-0.4, -0.2) is 40.5 Å². The van der Waals surface area contributed by atoms with E-state index in [-0.39, 0.29) is 29.9 Å². The second kappa shape index (κ2) is 5.84. The number of H-pyrrole nitrogens is 1. The molecule has 1 aromatic heterocycles. The molecule has 23 heavy (non-hydrogen) atoms. The van der Waals surface area contributed by atoms with Crippen molar-refractivity contribution in [1.82, 2.24) is 15.2 Å². The number of carbonyl (C=O) groups excluding carboxylic acids is 1. The molecule has 0 saturated carbocycles. The van der Waals surface area contributed by atoms with Gasteiger partial charge in [0.1, 0.15) is 5.69 Å². The van der Waals surface area contributed by atoms with Crippen molar-refractivity contribution in [2.24, 2.45) is 5.92 Å². The van der Waals surface area contributed by atoms with Gasteiger partial charge in [0.05, 0.1) is 0 Å². The average Bonchev–Trinajstić information content (AvgIpc) is 2.95. The summed E-state index contributed by atoms with van der Waals surface area (Å²) in [6.07, 6.45) is 2.39. The van der Waals surface area contributed by atoms with Crippen molar-refractivity contribution in [1.29, 1.82) is 0 Å². The van der Waals surface area contributed by atoms with E-state index in [1.54, 1.807) is 0 Å². The molecule has 1 atom stereocenters. The Morgan fingerprint density at radius 1 is 1.26 bits per heavy atom. The van der Waals surface area contributed by atoms with Crippen LogP contribution in [0.1, 0.15) is 37.2 Å². The summed E-state index contributed by atoms with van der Waals surface area (Å²) < 4.78 is 0. The Labute approximate surface area is 143 Å². The minimum Gasteiger partial charge on any atom is -0.351 e. The van der Waals surface area contributed by atoms with Gasteiger partial charge in [-0.05, 0) is 57.8 Å². The van der Waals surface area contributed by atoms with Gasteiger partial charge in [-0.25, -0.2) is 0 Å². The van der Waals surface area contributed by atoms with Crippen LogP contribution in [0.15, 0.2) is 30.3 Å². The zero-order valence-corrected chi connectivity index (χ0v) is 14.5. The molecule has 124 valence electrons. The SMILES string of the molecule is CC1(C)[C@H](NC(=O)c2cc3ccccc3[nH]2)C2CCN1CC2.Cl. The number of hydrogen-bond donors (Lipinski definition) is 2. The van der Waals surface area contributed by atoms with Gasteiger partial charge < -0.3 is 10.3 Å². The van der Waals surface area contributed by atoms with Gasteiger partial charge in [0, 0.05) is 22.5 Å². The van der Waals surface area contributed by atoms with Crippen LogP contribution in [0.5, 0.6) is 0 Å². The highest BCUT2D eigenvalue weighted by atomic mass is 35.5. The van der Waals surface area contributed by atoms with Gasteiger partial charge in [0.2, 0.25) is 0 Å². The predicted molar refractivity (Wildman–Crippen MR) is 95.2 cm³/mol. The number of fused-ring (bicyclic) bond motifs is 4. The van der Waals surface area contributed by atoms with Crippen LogP contribution in [0, 0.1) is 5.92 Å². The lowest BCUT2D eigenvalue weighted by Crippen LogP contribution is -2.69. The third-order valence-electron chi connectivity index (χ3n) is 5.65. The zero-order chi connectivity index (χ0) is 15.3. The van der Waals surface area contributed by atoms with Crippen LogP contribution in [0.2, 0.25) is 0 Å². The van der Waals surface area contributed by atoms with E-state index in [1.807, 2.05) is 30.3 Å². The fourth-order valence-electron chi connectivity index (χ4n) is 4.29. The number of aromatic amines is 1. The molecule has 0 spiro atoms.